The summed E-state index contributed by atoms with van der Waals surface area (Å²) in [4.78, 5) is 7.19. The molecule has 2 aromatic heterocycles. The minimum atomic E-state index is 0.820. The molecule has 0 spiro atoms. The van der Waals surface area contributed by atoms with Crippen LogP contribution in [0.5, 0.6) is 0 Å². The van der Waals surface area contributed by atoms with Crippen LogP contribution in [0, 0.1) is 0 Å². The molecule has 2 heterocycles. The van der Waals surface area contributed by atoms with Crippen molar-refractivity contribution < 1.29 is 0 Å². The molecule has 0 fully saturated rings. The van der Waals surface area contributed by atoms with Gasteiger partial charge in [-0.15, -0.1) is 0 Å². The number of nitrogens with one attached hydrogen (secondary N) is 3. The Morgan fingerprint density at radius 1 is 0.483 bits per heavy atom. The minimum absolute atomic E-state index is 0.820. The highest BCUT2D eigenvalue weighted by Gasteiger charge is 2.09. The van der Waals surface area contributed by atoms with Crippen molar-refractivity contribution in [1.82, 2.24) is 15.3 Å². The Morgan fingerprint density at radius 2 is 0.931 bits per heavy atom. The molecule has 0 aliphatic rings. The molecular weight excluding hydrogens is 354 g/mol. The Kier molecular flexibility index (Phi) is 3.68. The maximum atomic E-state index is 3.65. The second-order valence-electron chi connectivity index (χ2n) is 7.62. The van der Waals surface area contributed by atoms with Crippen molar-refractivity contribution in [3.63, 3.8) is 0 Å². The van der Waals surface area contributed by atoms with Crippen molar-refractivity contribution in [2.24, 2.45) is 0 Å². The van der Waals surface area contributed by atoms with Crippen LogP contribution in [0.25, 0.3) is 43.6 Å². The highest BCUT2D eigenvalue weighted by molar-refractivity contribution is 6.09. The molecule has 140 valence electrons. The Labute approximate surface area is 168 Å². The van der Waals surface area contributed by atoms with Crippen LogP contribution in [0.15, 0.2) is 84.9 Å². The summed E-state index contributed by atoms with van der Waals surface area (Å²) in [5, 5.41) is 8.80. The first-order valence-corrected chi connectivity index (χ1v) is 10.1. The second kappa shape index (κ2) is 6.50. The van der Waals surface area contributed by atoms with E-state index in [0.29, 0.717) is 0 Å². The number of benzene rings is 4. The van der Waals surface area contributed by atoms with E-state index in [0.717, 1.165) is 13.1 Å². The van der Waals surface area contributed by atoms with Gasteiger partial charge in [-0.3, -0.25) is 0 Å². The average molecular weight is 375 g/mol. The van der Waals surface area contributed by atoms with Crippen molar-refractivity contribution in [3.8, 4) is 0 Å². The Balaban J connectivity index is 1.32. The van der Waals surface area contributed by atoms with Crippen LogP contribution < -0.4 is 5.32 Å². The van der Waals surface area contributed by atoms with E-state index >= 15 is 0 Å². The van der Waals surface area contributed by atoms with E-state index < -0.39 is 0 Å². The monoisotopic (exact) mass is 375 g/mol. The third-order valence-corrected chi connectivity index (χ3v) is 5.89. The van der Waals surface area contributed by atoms with E-state index in [4.69, 9.17) is 0 Å². The maximum absolute atomic E-state index is 3.65. The van der Waals surface area contributed by atoms with E-state index in [9.17, 15) is 0 Å². The van der Waals surface area contributed by atoms with Gasteiger partial charge in [-0.05, 0) is 23.3 Å². The summed E-state index contributed by atoms with van der Waals surface area (Å²) in [6.45, 7) is 1.64. The van der Waals surface area contributed by atoms with E-state index in [-0.39, 0.29) is 0 Å². The van der Waals surface area contributed by atoms with Crippen molar-refractivity contribution in [2.45, 2.75) is 13.1 Å². The molecule has 0 aliphatic heterocycles. The summed E-state index contributed by atoms with van der Waals surface area (Å²) in [6, 6.07) is 30.1. The predicted molar refractivity (Wildman–Crippen MR) is 122 cm³/mol. The van der Waals surface area contributed by atoms with Crippen LogP contribution in [0.3, 0.4) is 0 Å². The van der Waals surface area contributed by atoms with Gasteiger partial charge in [0.1, 0.15) is 0 Å². The smallest absolute Gasteiger partial charge is 0.0510 e. The fraction of sp³-hybridized carbons (Fsp3) is 0.0769. The van der Waals surface area contributed by atoms with Gasteiger partial charge in [-0.25, -0.2) is 0 Å². The highest BCUT2D eigenvalue weighted by Crippen LogP contribution is 2.29. The van der Waals surface area contributed by atoms with Gasteiger partial charge in [0.05, 0.1) is 11.0 Å². The largest absolute Gasteiger partial charge is 0.354 e. The van der Waals surface area contributed by atoms with Gasteiger partial charge >= 0.3 is 0 Å². The molecule has 0 radical (unpaired) electrons. The number of aromatic nitrogens is 2. The molecule has 6 rings (SSSR count). The van der Waals surface area contributed by atoms with Gasteiger partial charge in [0.15, 0.2) is 0 Å². The number of para-hydroxylation sites is 4. The first-order chi connectivity index (χ1) is 14.4. The van der Waals surface area contributed by atoms with Crippen LogP contribution in [0.4, 0.5) is 0 Å². The standard InChI is InChI=1S/C26H21N3/c1-3-13-23-19(9-1)21-11-5-7-17(25(21)28-23)15-27-16-18-8-6-12-22-20-10-2-4-14-24(20)29-26(18)22/h1-14,27-29H,15-16H2. The molecule has 0 saturated heterocycles. The summed E-state index contributed by atoms with van der Waals surface area (Å²) in [5.74, 6) is 0. The first kappa shape index (κ1) is 16.4. The molecule has 4 aromatic carbocycles. The van der Waals surface area contributed by atoms with Crippen LogP contribution in [0.1, 0.15) is 11.1 Å². The van der Waals surface area contributed by atoms with E-state index in [1.165, 1.54) is 54.7 Å². The number of fused-ring (bicyclic) bond motifs is 6. The van der Waals surface area contributed by atoms with Gasteiger partial charge in [-0.2, -0.15) is 0 Å². The highest BCUT2D eigenvalue weighted by atomic mass is 14.9. The SMILES string of the molecule is c1ccc2c(c1)[nH]c1c(CNCc3cccc4c3[nH]c3ccccc34)cccc12. The summed E-state index contributed by atoms with van der Waals surface area (Å²) in [5.41, 5.74) is 7.43. The molecule has 0 bridgehead atoms. The summed E-state index contributed by atoms with van der Waals surface area (Å²) >= 11 is 0. The van der Waals surface area contributed by atoms with Crippen molar-refractivity contribution >= 4 is 43.6 Å². The Hall–Kier alpha value is -3.56. The molecule has 29 heavy (non-hydrogen) atoms. The zero-order valence-electron chi connectivity index (χ0n) is 16.0. The lowest BCUT2D eigenvalue weighted by Gasteiger charge is -2.08. The average Bonchev–Trinajstić information content (AvgIpc) is 3.33. The third kappa shape index (κ3) is 2.63. The first-order valence-electron chi connectivity index (χ1n) is 10.1. The number of hydrogen-bond donors (Lipinski definition) is 3. The van der Waals surface area contributed by atoms with Gasteiger partial charge in [0.25, 0.3) is 0 Å². The van der Waals surface area contributed by atoms with Crippen molar-refractivity contribution in [1.29, 1.82) is 0 Å². The van der Waals surface area contributed by atoms with Crippen LogP contribution in [-0.2, 0) is 13.1 Å². The van der Waals surface area contributed by atoms with Gasteiger partial charge in [-0.1, -0.05) is 72.8 Å². The topological polar surface area (TPSA) is 43.6 Å². The number of hydrogen-bond acceptors (Lipinski definition) is 1. The number of aromatic amines is 2. The summed E-state index contributed by atoms with van der Waals surface area (Å²) in [6.07, 6.45) is 0. The zero-order valence-corrected chi connectivity index (χ0v) is 16.0. The molecule has 0 aliphatic carbocycles. The van der Waals surface area contributed by atoms with Crippen molar-refractivity contribution in [3.05, 3.63) is 96.1 Å². The van der Waals surface area contributed by atoms with E-state index in [1.54, 1.807) is 0 Å². The van der Waals surface area contributed by atoms with Crippen LogP contribution in [-0.4, -0.2) is 9.97 Å². The minimum Gasteiger partial charge on any atom is -0.354 e. The molecule has 0 atom stereocenters. The third-order valence-electron chi connectivity index (χ3n) is 5.89. The zero-order chi connectivity index (χ0) is 19.2. The van der Waals surface area contributed by atoms with Crippen molar-refractivity contribution in [2.75, 3.05) is 0 Å². The van der Waals surface area contributed by atoms with Crippen LogP contribution >= 0.6 is 0 Å². The number of rotatable bonds is 4. The van der Waals surface area contributed by atoms with E-state index in [1.807, 2.05) is 0 Å². The lowest BCUT2D eigenvalue weighted by molar-refractivity contribution is 0.698. The fourth-order valence-corrected chi connectivity index (χ4v) is 4.49. The Morgan fingerprint density at radius 3 is 1.45 bits per heavy atom. The molecule has 0 saturated carbocycles. The lowest BCUT2D eigenvalue weighted by Crippen LogP contribution is -2.13. The van der Waals surface area contributed by atoms with Gasteiger partial charge < -0.3 is 15.3 Å². The molecule has 0 amide bonds. The number of H-pyrrole nitrogens is 2. The summed E-state index contributed by atoms with van der Waals surface area (Å²) in [7, 11) is 0. The molecular formula is C26H21N3. The fourth-order valence-electron chi connectivity index (χ4n) is 4.49. The van der Waals surface area contributed by atoms with Gasteiger partial charge in [0, 0.05) is 45.7 Å². The quantitative estimate of drug-likeness (QED) is 0.335. The Bertz CT molecular complexity index is 1370. The molecule has 0 unspecified atom stereocenters. The van der Waals surface area contributed by atoms with E-state index in [2.05, 4.69) is 100 Å². The molecule has 3 heteroatoms. The second-order valence-corrected chi connectivity index (χ2v) is 7.62. The molecule has 3 N–H and O–H groups in total. The maximum Gasteiger partial charge on any atom is 0.0510 e. The van der Waals surface area contributed by atoms with Crippen LogP contribution in [0.2, 0.25) is 0 Å². The molecule has 6 aromatic rings. The van der Waals surface area contributed by atoms with Gasteiger partial charge in [0.2, 0.25) is 0 Å². The summed E-state index contributed by atoms with van der Waals surface area (Å²) < 4.78 is 0. The predicted octanol–water partition coefficient (Wildman–Crippen LogP) is 6.25. The lowest BCUT2D eigenvalue weighted by atomic mass is 10.1. The molecule has 3 nitrogen and oxygen atoms in total. The normalized spacial score (nSPS) is 11.9.